The summed E-state index contributed by atoms with van der Waals surface area (Å²) >= 11 is 0. The van der Waals surface area contributed by atoms with Gasteiger partial charge in [0.05, 0.1) is 6.61 Å². The third-order valence-electron chi connectivity index (χ3n) is 5.76. The lowest BCUT2D eigenvalue weighted by Crippen LogP contribution is -2.44. The van der Waals surface area contributed by atoms with Gasteiger partial charge in [-0.1, -0.05) is 85.5 Å². The summed E-state index contributed by atoms with van der Waals surface area (Å²) in [4.78, 5) is 41.4. The van der Waals surface area contributed by atoms with Crippen LogP contribution in [0.15, 0.2) is 0 Å². The predicted octanol–water partition coefficient (Wildman–Crippen LogP) is 4.48. The van der Waals surface area contributed by atoms with Crippen molar-refractivity contribution < 1.29 is 19.5 Å². The monoisotopic (exact) mass is 719 g/mol. The number of aliphatic hydroxyl groups excluding tert-OH is 1. The van der Waals surface area contributed by atoms with Gasteiger partial charge < -0.3 is 26.0 Å². The van der Waals surface area contributed by atoms with Gasteiger partial charge >= 0.3 is 0 Å². The molecule has 0 aliphatic carbocycles. The molecule has 4 N–H and O–H groups in total. The van der Waals surface area contributed by atoms with E-state index in [2.05, 4.69) is 46.5 Å². The Morgan fingerprint density at radius 3 is 1.19 bits per heavy atom. The first-order valence-electron chi connectivity index (χ1n) is 15.6. The molecule has 0 bridgehead atoms. The largest absolute Gasteiger partial charge is 0.395 e. The number of rotatable bonds is 32. The molecule has 254 valence electrons. The van der Waals surface area contributed by atoms with Crippen molar-refractivity contribution in [2.75, 3.05) is 100 Å². The van der Waals surface area contributed by atoms with Gasteiger partial charge in [-0.3, -0.25) is 19.3 Å². The Balaban J connectivity index is 4.62. The first-order valence-corrected chi connectivity index (χ1v) is 23.0. The van der Waals surface area contributed by atoms with Gasteiger partial charge in [0.15, 0.2) is 0 Å². The molecule has 0 aromatic heterocycles. The van der Waals surface area contributed by atoms with Crippen molar-refractivity contribution in [3.63, 3.8) is 0 Å². The van der Waals surface area contributed by atoms with Crippen LogP contribution in [0.5, 0.6) is 0 Å². The van der Waals surface area contributed by atoms with E-state index in [-0.39, 0.29) is 24.3 Å². The quantitative estimate of drug-likeness (QED) is 0.0581. The lowest BCUT2D eigenvalue weighted by atomic mass is 10.3. The minimum Gasteiger partial charge on any atom is -0.395 e. The number of hydrogen-bond acceptors (Lipinski definition) is 12. The molecule has 0 unspecified atom stereocenters. The lowest BCUT2D eigenvalue weighted by molar-refractivity contribution is -0.121. The van der Waals surface area contributed by atoms with Gasteiger partial charge in [0, 0.05) is 106 Å². The molecule has 9 nitrogen and oxygen atoms in total. The van der Waals surface area contributed by atoms with E-state index in [0.29, 0.717) is 51.2 Å². The Hall–Kier alpha value is 0.390. The second-order valence-corrected chi connectivity index (χ2v) is 17.7. The fourth-order valence-electron chi connectivity index (χ4n) is 3.56. The summed E-state index contributed by atoms with van der Waals surface area (Å²) in [6, 6.07) is 0. The Morgan fingerprint density at radius 1 is 0.488 bits per heavy atom. The molecule has 0 atom stereocenters. The maximum atomic E-state index is 12.3. The molecule has 0 saturated carbocycles. The van der Waals surface area contributed by atoms with E-state index < -0.39 is 0 Å². The fraction of sp³-hybridized carbons (Fsp3) is 0.893. The molecule has 15 heteroatoms. The summed E-state index contributed by atoms with van der Waals surface area (Å²) < 4.78 is 0. The van der Waals surface area contributed by atoms with Crippen molar-refractivity contribution in [2.45, 2.75) is 59.3 Å². The van der Waals surface area contributed by atoms with Crippen LogP contribution in [-0.2, 0) is 14.4 Å². The normalized spacial score (nSPS) is 11.3. The van der Waals surface area contributed by atoms with Crippen LogP contribution in [0.3, 0.4) is 0 Å². The number of aliphatic hydroxyl groups is 1. The van der Waals surface area contributed by atoms with Crippen LogP contribution in [-0.4, -0.2) is 133 Å². The van der Waals surface area contributed by atoms with Crippen LogP contribution in [0.4, 0.5) is 0 Å². The van der Waals surface area contributed by atoms with Crippen molar-refractivity contribution in [1.29, 1.82) is 0 Å². The highest BCUT2D eigenvalue weighted by Crippen LogP contribution is 2.23. The first-order chi connectivity index (χ1) is 21.0. The van der Waals surface area contributed by atoms with Gasteiger partial charge in [-0.25, -0.2) is 0 Å². The van der Waals surface area contributed by atoms with Crippen molar-refractivity contribution in [1.82, 2.24) is 25.8 Å². The minimum absolute atomic E-state index is 0.0366. The first kappa shape index (κ1) is 43.4. The van der Waals surface area contributed by atoms with Crippen LogP contribution in [0.25, 0.3) is 0 Å². The number of hydrogen-bond donors (Lipinski definition) is 4. The summed E-state index contributed by atoms with van der Waals surface area (Å²) in [6.07, 6.45) is 4.87. The van der Waals surface area contributed by atoms with E-state index in [4.69, 9.17) is 5.11 Å². The van der Waals surface area contributed by atoms with Crippen LogP contribution in [0, 0.1) is 0 Å². The average molecular weight is 720 g/mol. The van der Waals surface area contributed by atoms with E-state index in [1.54, 1.807) is 43.2 Å². The van der Waals surface area contributed by atoms with Gasteiger partial charge in [-0.15, -0.1) is 0 Å². The van der Waals surface area contributed by atoms with E-state index in [9.17, 15) is 14.4 Å². The Kier molecular flexibility index (Phi) is 34.1. The average Bonchev–Trinajstić information content (AvgIpc) is 2.99. The molecule has 0 heterocycles. The van der Waals surface area contributed by atoms with Gasteiger partial charge in [0.25, 0.3) is 0 Å². The van der Waals surface area contributed by atoms with E-state index in [1.807, 2.05) is 21.6 Å². The number of amides is 3. The van der Waals surface area contributed by atoms with Crippen molar-refractivity contribution >= 4 is 82.5 Å². The molecule has 0 saturated heterocycles. The topological polar surface area (TPSA) is 114 Å². The fourth-order valence-corrected chi connectivity index (χ4v) is 9.57. The molecule has 0 aromatic rings. The van der Waals surface area contributed by atoms with Crippen LogP contribution in [0.2, 0.25) is 0 Å². The second kappa shape index (κ2) is 33.7. The lowest BCUT2D eigenvalue weighted by Gasteiger charge is -2.28. The zero-order chi connectivity index (χ0) is 31.8. The third-order valence-corrected chi connectivity index (χ3v) is 13.4. The van der Waals surface area contributed by atoms with Gasteiger partial charge in [0.1, 0.15) is 0 Å². The van der Waals surface area contributed by atoms with Crippen LogP contribution >= 0.6 is 64.8 Å². The van der Waals surface area contributed by atoms with E-state index in [0.717, 1.165) is 80.8 Å². The smallest absolute Gasteiger partial charge is 0.220 e. The van der Waals surface area contributed by atoms with Crippen LogP contribution < -0.4 is 16.0 Å². The van der Waals surface area contributed by atoms with Gasteiger partial charge in [0.2, 0.25) is 17.7 Å². The van der Waals surface area contributed by atoms with Crippen molar-refractivity contribution in [3.8, 4) is 0 Å². The SMILES string of the molecule is CCCSSCCC(=O)NCCN(CCC)CCN(CCNC(=O)CCSSCCC)CCNC(=O)CCSSCCO. The molecule has 0 rings (SSSR count). The highest BCUT2D eigenvalue weighted by molar-refractivity contribution is 8.77. The van der Waals surface area contributed by atoms with Crippen molar-refractivity contribution in [2.24, 2.45) is 0 Å². The van der Waals surface area contributed by atoms with Gasteiger partial charge in [-0.05, 0) is 25.8 Å². The van der Waals surface area contributed by atoms with E-state index >= 15 is 0 Å². The number of carbonyl (C=O) groups excluding carboxylic acids is 3. The number of nitrogens with one attached hydrogen (secondary N) is 3. The molecule has 43 heavy (non-hydrogen) atoms. The minimum atomic E-state index is 0.0366. The molecule has 0 aromatic carbocycles. The molecule has 0 aliphatic heterocycles. The molecule has 0 spiro atoms. The molecule has 0 aliphatic rings. The maximum absolute atomic E-state index is 12.3. The summed E-state index contributed by atoms with van der Waals surface area (Å²) in [7, 11) is 10.4. The summed E-state index contributed by atoms with van der Waals surface area (Å²) in [5, 5.41) is 18.0. The molecule has 0 radical (unpaired) electrons. The predicted molar refractivity (Wildman–Crippen MR) is 198 cm³/mol. The summed E-state index contributed by atoms with van der Waals surface area (Å²) in [5.41, 5.74) is 0. The number of nitrogens with zero attached hydrogens (tertiary/aromatic N) is 2. The second-order valence-electron chi connectivity index (χ2n) is 9.64. The summed E-state index contributed by atoms with van der Waals surface area (Å²) in [5.74, 6) is 5.52. The van der Waals surface area contributed by atoms with Crippen molar-refractivity contribution in [3.05, 3.63) is 0 Å². The summed E-state index contributed by atoms with van der Waals surface area (Å²) in [6.45, 7) is 13.3. The molecule has 3 amide bonds. The Morgan fingerprint density at radius 2 is 0.837 bits per heavy atom. The third kappa shape index (κ3) is 30.8. The zero-order valence-electron chi connectivity index (χ0n) is 26.6. The van der Waals surface area contributed by atoms with Gasteiger partial charge in [-0.2, -0.15) is 0 Å². The highest BCUT2D eigenvalue weighted by atomic mass is 33.1. The highest BCUT2D eigenvalue weighted by Gasteiger charge is 2.12. The maximum Gasteiger partial charge on any atom is 0.220 e. The Bertz CT molecular complexity index is 656. The molecular formula is C28H57N5O4S6. The zero-order valence-corrected chi connectivity index (χ0v) is 31.5. The molecule has 0 fully saturated rings. The standard InChI is InChI=1S/C28H57N5O4S6/c1-4-13-32(14-10-29-26(35)7-22-40-38-20-5-2)17-18-33(15-11-30-27(36)8-23-41-39-21-6-3)16-12-31-28(37)9-24-42-43-25-19-34/h34H,4-25H2,1-3H3,(H,29,35)(H,30,36)(H,31,37). The Labute approximate surface area is 285 Å². The molecular weight excluding hydrogens is 663 g/mol. The van der Waals surface area contributed by atoms with E-state index in [1.165, 1.54) is 0 Å². The number of carbonyl (C=O) groups is 3. The van der Waals surface area contributed by atoms with Crippen LogP contribution in [0.1, 0.15) is 59.3 Å².